The van der Waals surface area contributed by atoms with Crippen molar-refractivity contribution in [3.8, 4) is 0 Å². The topological polar surface area (TPSA) is 98.5 Å². The zero-order chi connectivity index (χ0) is 13.2. The Balaban J connectivity index is 2.27. The molecule has 0 aliphatic carbocycles. The highest BCUT2D eigenvalue weighted by molar-refractivity contribution is 5.92. The van der Waals surface area contributed by atoms with E-state index in [1.165, 1.54) is 0 Å². The van der Waals surface area contributed by atoms with E-state index in [4.69, 9.17) is 15.3 Å². The Morgan fingerprint density at radius 3 is 2.94 bits per heavy atom. The Labute approximate surface area is 106 Å². The summed E-state index contributed by atoms with van der Waals surface area (Å²) in [6.45, 7) is 1.91. The molecule has 0 aliphatic rings. The molecule has 0 aromatic carbocycles. The normalized spacial score (nSPS) is 10.1. The van der Waals surface area contributed by atoms with Crippen LogP contribution in [0.1, 0.15) is 10.5 Å². The Morgan fingerprint density at radius 2 is 2.22 bits per heavy atom. The second kappa shape index (κ2) is 8.40. The molecule has 100 valence electrons. The highest BCUT2D eigenvalue weighted by Crippen LogP contribution is 2.02. The van der Waals surface area contributed by atoms with Crippen molar-refractivity contribution in [3.05, 3.63) is 23.9 Å². The third-order valence-corrected chi connectivity index (χ3v) is 2.09. The van der Waals surface area contributed by atoms with Crippen LogP contribution in [0.2, 0.25) is 0 Å². The van der Waals surface area contributed by atoms with Gasteiger partial charge in [-0.25, -0.2) is 10.8 Å². The molecule has 0 saturated heterocycles. The van der Waals surface area contributed by atoms with Gasteiger partial charge in [-0.2, -0.15) is 0 Å². The van der Waals surface area contributed by atoms with Crippen LogP contribution in [0.15, 0.2) is 18.2 Å². The molecule has 1 aromatic rings. The molecule has 0 radical (unpaired) electrons. The smallest absolute Gasteiger partial charge is 0.270 e. The molecule has 0 atom stereocenters. The maximum Gasteiger partial charge on any atom is 0.270 e. The van der Waals surface area contributed by atoms with Crippen LogP contribution in [0.5, 0.6) is 0 Å². The van der Waals surface area contributed by atoms with E-state index in [0.717, 1.165) is 0 Å². The number of aromatic nitrogens is 1. The molecule has 4 N–H and O–H groups in total. The molecule has 0 spiro atoms. The van der Waals surface area contributed by atoms with Crippen LogP contribution in [0, 0.1) is 0 Å². The molecule has 1 aromatic heterocycles. The minimum atomic E-state index is -0.262. The predicted octanol–water partition coefficient (Wildman–Crippen LogP) is -0.240. The van der Waals surface area contributed by atoms with Crippen molar-refractivity contribution in [2.75, 3.05) is 38.9 Å². The average Bonchev–Trinajstić information content (AvgIpc) is 2.42. The van der Waals surface area contributed by atoms with Gasteiger partial charge in [-0.1, -0.05) is 6.07 Å². The van der Waals surface area contributed by atoms with E-state index in [-0.39, 0.29) is 5.91 Å². The maximum absolute atomic E-state index is 11.7. The van der Waals surface area contributed by atoms with Crippen molar-refractivity contribution < 1.29 is 14.3 Å². The largest absolute Gasteiger partial charge is 0.382 e. The standard InChI is InChI=1S/C11H18N4O3/c1-17-7-8-18-6-5-13-11(16)9-3-2-4-10(14-9)15-12/h2-4H,5-8,12H2,1H3,(H,13,16)(H,14,15). The molecule has 1 rings (SSSR count). The van der Waals surface area contributed by atoms with Gasteiger partial charge in [0.05, 0.1) is 19.8 Å². The number of nitrogens with one attached hydrogen (secondary N) is 2. The van der Waals surface area contributed by atoms with Gasteiger partial charge in [-0.3, -0.25) is 4.79 Å². The van der Waals surface area contributed by atoms with Crippen LogP contribution in [0.25, 0.3) is 0 Å². The van der Waals surface area contributed by atoms with Gasteiger partial charge in [0.25, 0.3) is 5.91 Å². The molecular weight excluding hydrogens is 236 g/mol. The molecule has 7 heteroatoms. The van der Waals surface area contributed by atoms with Gasteiger partial charge in [0.15, 0.2) is 0 Å². The summed E-state index contributed by atoms with van der Waals surface area (Å²) in [7, 11) is 1.61. The van der Waals surface area contributed by atoms with Gasteiger partial charge in [-0.15, -0.1) is 0 Å². The van der Waals surface area contributed by atoms with Gasteiger partial charge >= 0.3 is 0 Å². The van der Waals surface area contributed by atoms with Gasteiger partial charge in [0, 0.05) is 13.7 Å². The fourth-order valence-corrected chi connectivity index (χ4v) is 1.21. The van der Waals surface area contributed by atoms with E-state index in [1.54, 1.807) is 25.3 Å². The van der Waals surface area contributed by atoms with E-state index in [1.807, 2.05) is 0 Å². The SMILES string of the molecule is COCCOCCNC(=O)c1cccc(NN)n1. The quantitative estimate of drug-likeness (QED) is 0.336. The minimum Gasteiger partial charge on any atom is -0.382 e. The first-order chi connectivity index (χ1) is 8.77. The Morgan fingerprint density at radius 1 is 1.39 bits per heavy atom. The summed E-state index contributed by atoms with van der Waals surface area (Å²) in [5.41, 5.74) is 2.69. The monoisotopic (exact) mass is 254 g/mol. The minimum absolute atomic E-state index is 0.262. The summed E-state index contributed by atoms with van der Waals surface area (Å²) in [5.74, 6) is 5.39. The molecule has 0 aliphatic heterocycles. The van der Waals surface area contributed by atoms with Gasteiger partial charge in [-0.05, 0) is 12.1 Å². The summed E-state index contributed by atoms with van der Waals surface area (Å²) in [5, 5.41) is 2.69. The van der Waals surface area contributed by atoms with Gasteiger partial charge < -0.3 is 20.2 Å². The first kappa shape index (κ1) is 14.4. The van der Waals surface area contributed by atoms with Crippen molar-refractivity contribution in [1.82, 2.24) is 10.3 Å². The summed E-state index contributed by atoms with van der Waals surface area (Å²) < 4.78 is 10.0. The third-order valence-electron chi connectivity index (χ3n) is 2.09. The summed E-state index contributed by atoms with van der Waals surface area (Å²) >= 11 is 0. The van der Waals surface area contributed by atoms with E-state index in [9.17, 15) is 4.79 Å². The van der Waals surface area contributed by atoms with Crippen LogP contribution in [0.4, 0.5) is 5.82 Å². The van der Waals surface area contributed by atoms with E-state index >= 15 is 0 Å². The van der Waals surface area contributed by atoms with Crippen LogP contribution in [-0.2, 0) is 9.47 Å². The lowest BCUT2D eigenvalue weighted by molar-refractivity contribution is 0.0692. The zero-order valence-corrected chi connectivity index (χ0v) is 10.3. The van der Waals surface area contributed by atoms with Crippen LogP contribution < -0.4 is 16.6 Å². The molecule has 0 unspecified atom stereocenters. The summed E-state index contributed by atoms with van der Waals surface area (Å²) in [6, 6.07) is 4.98. The second-order valence-corrected chi connectivity index (χ2v) is 3.41. The lowest BCUT2D eigenvalue weighted by atomic mass is 10.3. The Hall–Kier alpha value is -1.70. The van der Waals surface area contributed by atoms with Crippen molar-refractivity contribution in [2.24, 2.45) is 5.84 Å². The van der Waals surface area contributed by atoms with Crippen molar-refractivity contribution in [2.45, 2.75) is 0 Å². The molecule has 1 amide bonds. The number of carbonyl (C=O) groups excluding carboxylic acids is 1. The van der Waals surface area contributed by atoms with E-state index in [0.29, 0.717) is 37.9 Å². The number of hydrazine groups is 1. The number of amides is 1. The van der Waals surface area contributed by atoms with E-state index in [2.05, 4.69) is 15.7 Å². The molecule has 0 saturated carbocycles. The summed E-state index contributed by atoms with van der Waals surface area (Å²) in [4.78, 5) is 15.7. The number of carbonyl (C=O) groups is 1. The predicted molar refractivity (Wildman–Crippen MR) is 67.1 cm³/mol. The summed E-state index contributed by atoms with van der Waals surface area (Å²) in [6.07, 6.45) is 0. The van der Waals surface area contributed by atoms with E-state index < -0.39 is 0 Å². The van der Waals surface area contributed by atoms with Crippen LogP contribution >= 0.6 is 0 Å². The number of hydrogen-bond donors (Lipinski definition) is 3. The number of nitrogens with two attached hydrogens (primary N) is 1. The average molecular weight is 254 g/mol. The fraction of sp³-hybridized carbons (Fsp3) is 0.455. The van der Waals surface area contributed by atoms with Crippen molar-refractivity contribution in [1.29, 1.82) is 0 Å². The molecular formula is C11H18N4O3. The first-order valence-corrected chi connectivity index (χ1v) is 5.56. The zero-order valence-electron chi connectivity index (χ0n) is 10.3. The lowest BCUT2D eigenvalue weighted by Crippen LogP contribution is -2.28. The maximum atomic E-state index is 11.7. The van der Waals surface area contributed by atoms with Gasteiger partial charge in [0.1, 0.15) is 11.5 Å². The third kappa shape index (κ3) is 5.09. The second-order valence-electron chi connectivity index (χ2n) is 3.41. The van der Waals surface area contributed by atoms with Crippen molar-refractivity contribution in [3.63, 3.8) is 0 Å². The number of rotatable bonds is 8. The molecule has 18 heavy (non-hydrogen) atoms. The van der Waals surface area contributed by atoms with Gasteiger partial charge in [0.2, 0.25) is 0 Å². The Kier molecular flexibility index (Phi) is 6.70. The highest BCUT2D eigenvalue weighted by Gasteiger charge is 2.06. The number of nitrogens with zero attached hydrogens (tertiary/aromatic N) is 1. The van der Waals surface area contributed by atoms with Crippen molar-refractivity contribution >= 4 is 11.7 Å². The molecule has 1 heterocycles. The van der Waals surface area contributed by atoms with Crippen LogP contribution in [-0.4, -0.2) is 44.4 Å². The van der Waals surface area contributed by atoms with Crippen LogP contribution in [0.3, 0.4) is 0 Å². The Bertz CT molecular complexity index is 373. The number of pyridine rings is 1. The number of methoxy groups -OCH3 is 1. The number of anilines is 1. The number of nitrogen functional groups attached to an aromatic ring is 1. The number of hydrogen-bond acceptors (Lipinski definition) is 6. The lowest BCUT2D eigenvalue weighted by Gasteiger charge is -2.06. The molecule has 0 bridgehead atoms. The highest BCUT2D eigenvalue weighted by atomic mass is 16.5. The molecule has 0 fully saturated rings. The fourth-order valence-electron chi connectivity index (χ4n) is 1.21. The molecule has 7 nitrogen and oxygen atoms in total. The number of ether oxygens (including phenoxy) is 2. The first-order valence-electron chi connectivity index (χ1n) is 5.56.